The van der Waals surface area contributed by atoms with Crippen LogP contribution < -0.4 is 14.8 Å². The van der Waals surface area contributed by atoms with Crippen molar-refractivity contribution in [2.45, 2.75) is 18.8 Å². The molecular weight excluding hydrogens is 419 g/mol. The standard InChI is InChI=1S/C26H25FN4O2/c1-32-21-6-8-22(9-7-21)33-23-16-19(12-15-29-23)25-24(17-2-4-20(27)5-3-17)30-26(31-25)18-10-13-28-14-11-18/h2-9,12,15-16,18,28H,10-11,13-14H2,1H3,(H,30,31). The van der Waals surface area contributed by atoms with Crippen LogP contribution in [0.5, 0.6) is 17.4 Å². The minimum atomic E-state index is -0.270. The van der Waals surface area contributed by atoms with Crippen LogP contribution in [0, 0.1) is 5.82 Å². The molecule has 4 aromatic rings. The molecule has 7 heteroatoms. The average Bonchev–Trinajstić information content (AvgIpc) is 3.31. The molecule has 168 valence electrons. The monoisotopic (exact) mass is 444 g/mol. The molecule has 2 N–H and O–H groups in total. The Labute approximate surface area is 191 Å². The number of hydrogen-bond acceptors (Lipinski definition) is 5. The number of aromatic nitrogens is 3. The van der Waals surface area contributed by atoms with Gasteiger partial charge in [0, 0.05) is 29.3 Å². The van der Waals surface area contributed by atoms with Crippen LogP contribution in [0.25, 0.3) is 22.5 Å². The van der Waals surface area contributed by atoms with Gasteiger partial charge in [-0.05, 0) is 80.5 Å². The Kier molecular flexibility index (Phi) is 6.04. The first-order valence-electron chi connectivity index (χ1n) is 11.0. The van der Waals surface area contributed by atoms with Crippen molar-refractivity contribution in [1.82, 2.24) is 20.3 Å². The zero-order chi connectivity index (χ0) is 22.6. The highest BCUT2D eigenvalue weighted by Crippen LogP contribution is 2.35. The van der Waals surface area contributed by atoms with E-state index in [0.717, 1.165) is 60.0 Å². The van der Waals surface area contributed by atoms with Crippen molar-refractivity contribution in [3.63, 3.8) is 0 Å². The van der Waals surface area contributed by atoms with Crippen molar-refractivity contribution >= 4 is 0 Å². The Morgan fingerprint density at radius 1 is 0.909 bits per heavy atom. The Morgan fingerprint density at radius 2 is 1.64 bits per heavy atom. The van der Waals surface area contributed by atoms with E-state index in [-0.39, 0.29) is 5.82 Å². The zero-order valence-electron chi connectivity index (χ0n) is 18.3. The van der Waals surface area contributed by atoms with Gasteiger partial charge in [-0.3, -0.25) is 0 Å². The lowest BCUT2D eigenvalue weighted by atomic mass is 9.98. The third-order valence-corrected chi connectivity index (χ3v) is 5.87. The summed E-state index contributed by atoms with van der Waals surface area (Å²) in [6.07, 6.45) is 3.77. The fourth-order valence-electron chi connectivity index (χ4n) is 4.09. The predicted molar refractivity (Wildman–Crippen MR) is 125 cm³/mol. The predicted octanol–water partition coefficient (Wildman–Crippen LogP) is 5.55. The van der Waals surface area contributed by atoms with Crippen LogP contribution in [-0.4, -0.2) is 35.2 Å². The van der Waals surface area contributed by atoms with Crippen molar-refractivity contribution in [3.8, 4) is 39.9 Å². The van der Waals surface area contributed by atoms with E-state index >= 15 is 0 Å². The number of pyridine rings is 1. The van der Waals surface area contributed by atoms with Gasteiger partial charge in [-0.2, -0.15) is 0 Å². The molecule has 1 saturated heterocycles. The Bertz CT molecular complexity index is 1220. The molecule has 3 heterocycles. The van der Waals surface area contributed by atoms with Crippen LogP contribution in [-0.2, 0) is 0 Å². The van der Waals surface area contributed by atoms with Gasteiger partial charge < -0.3 is 19.8 Å². The van der Waals surface area contributed by atoms with Crippen LogP contribution in [0.2, 0.25) is 0 Å². The smallest absolute Gasteiger partial charge is 0.219 e. The molecule has 0 spiro atoms. The number of hydrogen-bond donors (Lipinski definition) is 2. The second kappa shape index (κ2) is 9.42. The lowest BCUT2D eigenvalue weighted by Gasteiger charge is -2.20. The summed E-state index contributed by atoms with van der Waals surface area (Å²) < 4.78 is 24.7. The minimum Gasteiger partial charge on any atom is -0.497 e. The van der Waals surface area contributed by atoms with Crippen LogP contribution in [0.1, 0.15) is 24.6 Å². The molecule has 0 aliphatic carbocycles. The molecule has 0 radical (unpaired) electrons. The average molecular weight is 445 g/mol. The molecule has 0 bridgehead atoms. The van der Waals surface area contributed by atoms with Gasteiger partial charge in [0.05, 0.1) is 18.5 Å². The quantitative estimate of drug-likeness (QED) is 0.408. The molecule has 1 aliphatic heterocycles. The van der Waals surface area contributed by atoms with Gasteiger partial charge in [0.15, 0.2) is 0 Å². The summed E-state index contributed by atoms with van der Waals surface area (Å²) in [6, 6.07) is 17.6. The number of nitrogens with one attached hydrogen (secondary N) is 2. The lowest BCUT2D eigenvalue weighted by molar-refractivity contribution is 0.412. The van der Waals surface area contributed by atoms with Gasteiger partial charge in [0.1, 0.15) is 23.1 Å². The first kappa shape index (κ1) is 21.2. The van der Waals surface area contributed by atoms with E-state index in [4.69, 9.17) is 14.5 Å². The van der Waals surface area contributed by atoms with Gasteiger partial charge in [-0.1, -0.05) is 0 Å². The van der Waals surface area contributed by atoms with Crippen molar-refractivity contribution < 1.29 is 13.9 Å². The topological polar surface area (TPSA) is 72.1 Å². The maximum atomic E-state index is 13.6. The zero-order valence-corrected chi connectivity index (χ0v) is 18.3. The largest absolute Gasteiger partial charge is 0.497 e. The Balaban J connectivity index is 1.51. The SMILES string of the molecule is COc1ccc(Oc2cc(-c3[nH]c(C4CCNCC4)nc3-c3ccc(F)cc3)ccn2)cc1. The van der Waals surface area contributed by atoms with Crippen LogP contribution in [0.3, 0.4) is 0 Å². The number of aromatic amines is 1. The number of benzene rings is 2. The molecule has 0 amide bonds. The summed E-state index contributed by atoms with van der Waals surface area (Å²) in [5.74, 6) is 2.95. The molecule has 1 aliphatic rings. The highest BCUT2D eigenvalue weighted by Gasteiger charge is 2.22. The Hall–Kier alpha value is -3.71. The van der Waals surface area contributed by atoms with E-state index in [2.05, 4.69) is 15.3 Å². The summed E-state index contributed by atoms with van der Waals surface area (Å²) in [4.78, 5) is 12.9. The van der Waals surface area contributed by atoms with E-state index in [1.165, 1.54) is 12.1 Å². The highest BCUT2D eigenvalue weighted by molar-refractivity contribution is 5.78. The summed E-state index contributed by atoms with van der Waals surface area (Å²) in [6.45, 7) is 1.95. The van der Waals surface area contributed by atoms with Crippen molar-refractivity contribution in [3.05, 3.63) is 78.5 Å². The number of ether oxygens (including phenoxy) is 2. The number of imidazole rings is 1. The molecule has 1 fully saturated rings. The van der Waals surface area contributed by atoms with Gasteiger partial charge in [-0.15, -0.1) is 0 Å². The van der Waals surface area contributed by atoms with Gasteiger partial charge in [-0.25, -0.2) is 14.4 Å². The van der Waals surface area contributed by atoms with E-state index in [1.807, 2.05) is 36.4 Å². The molecule has 0 saturated carbocycles. The number of nitrogens with zero attached hydrogens (tertiary/aromatic N) is 2. The number of piperidine rings is 1. The first-order chi connectivity index (χ1) is 16.2. The van der Waals surface area contributed by atoms with Crippen molar-refractivity contribution in [2.24, 2.45) is 0 Å². The maximum absolute atomic E-state index is 13.6. The summed E-state index contributed by atoms with van der Waals surface area (Å²) in [5, 5.41) is 3.40. The summed E-state index contributed by atoms with van der Waals surface area (Å²) in [7, 11) is 1.63. The van der Waals surface area contributed by atoms with Crippen LogP contribution in [0.4, 0.5) is 4.39 Å². The maximum Gasteiger partial charge on any atom is 0.219 e. The number of methoxy groups -OCH3 is 1. The molecule has 0 atom stereocenters. The molecule has 6 nitrogen and oxygen atoms in total. The second-order valence-electron chi connectivity index (χ2n) is 8.04. The van der Waals surface area contributed by atoms with Crippen molar-refractivity contribution in [2.75, 3.05) is 20.2 Å². The molecule has 5 rings (SSSR count). The van der Waals surface area contributed by atoms with Gasteiger partial charge >= 0.3 is 0 Å². The van der Waals surface area contributed by atoms with Crippen LogP contribution in [0.15, 0.2) is 66.9 Å². The third-order valence-electron chi connectivity index (χ3n) is 5.87. The van der Waals surface area contributed by atoms with Gasteiger partial charge in [0.2, 0.25) is 5.88 Å². The van der Waals surface area contributed by atoms with E-state index in [0.29, 0.717) is 17.5 Å². The number of halogens is 1. The lowest BCUT2D eigenvalue weighted by Crippen LogP contribution is -2.27. The fourth-order valence-corrected chi connectivity index (χ4v) is 4.09. The first-order valence-corrected chi connectivity index (χ1v) is 11.0. The summed E-state index contributed by atoms with van der Waals surface area (Å²) >= 11 is 0. The third kappa shape index (κ3) is 4.73. The number of H-pyrrole nitrogens is 1. The fraction of sp³-hybridized carbons (Fsp3) is 0.231. The normalized spacial score (nSPS) is 14.2. The molecule has 33 heavy (non-hydrogen) atoms. The Morgan fingerprint density at radius 3 is 2.36 bits per heavy atom. The summed E-state index contributed by atoms with van der Waals surface area (Å²) in [5.41, 5.74) is 3.43. The van der Waals surface area contributed by atoms with E-state index in [9.17, 15) is 4.39 Å². The molecule has 0 unspecified atom stereocenters. The van der Waals surface area contributed by atoms with Crippen molar-refractivity contribution in [1.29, 1.82) is 0 Å². The van der Waals surface area contributed by atoms with Gasteiger partial charge in [0.25, 0.3) is 0 Å². The molecule has 2 aromatic carbocycles. The molecular formula is C26H25FN4O2. The highest BCUT2D eigenvalue weighted by atomic mass is 19.1. The van der Waals surface area contributed by atoms with Crippen LogP contribution >= 0.6 is 0 Å². The van der Waals surface area contributed by atoms with E-state index < -0.39 is 0 Å². The molecule has 2 aromatic heterocycles. The second-order valence-corrected chi connectivity index (χ2v) is 8.04. The number of rotatable bonds is 6. The van der Waals surface area contributed by atoms with E-state index in [1.54, 1.807) is 25.4 Å². The minimum absolute atomic E-state index is 0.270.